The Kier molecular flexibility index (Phi) is 7.21. The van der Waals surface area contributed by atoms with E-state index in [1.54, 1.807) is 0 Å². The molecule has 0 spiro atoms. The van der Waals surface area contributed by atoms with Crippen molar-refractivity contribution in [2.45, 2.75) is 33.1 Å². The van der Waals surface area contributed by atoms with E-state index in [9.17, 15) is 4.79 Å². The van der Waals surface area contributed by atoms with E-state index in [2.05, 4.69) is 22.5 Å². The normalized spacial score (nSPS) is 20.5. The number of nitrogens with zero attached hydrogens (tertiary/aromatic N) is 1. The van der Waals surface area contributed by atoms with Gasteiger partial charge in [-0.3, -0.25) is 9.69 Å². The van der Waals surface area contributed by atoms with E-state index in [1.807, 2.05) is 6.92 Å². The van der Waals surface area contributed by atoms with E-state index in [-0.39, 0.29) is 5.91 Å². The highest BCUT2D eigenvalue weighted by atomic mass is 16.2. The summed E-state index contributed by atoms with van der Waals surface area (Å²) in [6.45, 7) is 9.68. The van der Waals surface area contributed by atoms with Crippen LogP contribution in [0.3, 0.4) is 0 Å². The van der Waals surface area contributed by atoms with Crippen LogP contribution in [0, 0.1) is 5.92 Å². The standard InChI is InChI=1S/C13H27N3O/c1-3-15-13(17)11-16(4-2)9-7-12-6-5-8-14-10-12/h12,14H,3-11H2,1-2H3,(H,15,17). The Hall–Kier alpha value is -0.610. The molecule has 1 amide bonds. The minimum Gasteiger partial charge on any atom is -0.355 e. The Morgan fingerprint density at radius 1 is 1.47 bits per heavy atom. The Balaban J connectivity index is 2.19. The minimum atomic E-state index is 0.149. The first-order chi connectivity index (χ1) is 8.26. The van der Waals surface area contributed by atoms with Gasteiger partial charge in [-0.15, -0.1) is 0 Å². The molecule has 1 heterocycles. The molecule has 1 unspecified atom stereocenters. The summed E-state index contributed by atoms with van der Waals surface area (Å²) >= 11 is 0. The molecule has 1 saturated heterocycles. The molecule has 17 heavy (non-hydrogen) atoms. The summed E-state index contributed by atoms with van der Waals surface area (Å²) in [7, 11) is 0. The van der Waals surface area contributed by atoms with Gasteiger partial charge in [-0.05, 0) is 58.3 Å². The highest BCUT2D eigenvalue weighted by Crippen LogP contribution is 2.14. The zero-order valence-corrected chi connectivity index (χ0v) is 11.3. The average Bonchev–Trinajstić information content (AvgIpc) is 2.36. The molecule has 100 valence electrons. The zero-order valence-electron chi connectivity index (χ0n) is 11.3. The molecule has 4 nitrogen and oxygen atoms in total. The molecule has 1 rings (SSSR count). The Morgan fingerprint density at radius 3 is 2.88 bits per heavy atom. The number of rotatable bonds is 7. The lowest BCUT2D eigenvalue weighted by molar-refractivity contribution is -0.122. The maximum atomic E-state index is 11.5. The van der Waals surface area contributed by atoms with Gasteiger partial charge in [0.25, 0.3) is 0 Å². The fourth-order valence-corrected chi connectivity index (χ4v) is 2.34. The van der Waals surface area contributed by atoms with Crippen LogP contribution in [0.2, 0.25) is 0 Å². The summed E-state index contributed by atoms with van der Waals surface area (Å²) in [6, 6.07) is 0. The number of amides is 1. The highest BCUT2D eigenvalue weighted by Gasteiger charge is 2.15. The van der Waals surface area contributed by atoms with Gasteiger partial charge in [-0.25, -0.2) is 0 Å². The first-order valence-electron chi connectivity index (χ1n) is 6.96. The molecular weight excluding hydrogens is 214 g/mol. The summed E-state index contributed by atoms with van der Waals surface area (Å²) in [6.07, 6.45) is 3.85. The van der Waals surface area contributed by atoms with E-state index in [4.69, 9.17) is 0 Å². The summed E-state index contributed by atoms with van der Waals surface area (Å²) in [4.78, 5) is 13.7. The van der Waals surface area contributed by atoms with Crippen molar-refractivity contribution in [1.29, 1.82) is 0 Å². The van der Waals surface area contributed by atoms with Crippen LogP contribution < -0.4 is 10.6 Å². The number of carbonyl (C=O) groups excluding carboxylic acids is 1. The summed E-state index contributed by atoms with van der Waals surface area (Å²) in [5, 5.41) is 6.30. The van der Waals surface area contributed by atoms with Gasteiger partial charge >= 0.3 is 0 Å². The Labute approximate surface area is 105 Å². The molecule has 1 fully saturated rings. The van der Waals surface area contributed by atoms with Crippen molar-refractivity contribution < 1.29 is 4.79 Å². The van der Waals surface area contributed by atoms with E-state index in [1.165, 1.54) is 25.8 Å². The highest BCUT2D eigenvalue weighted by molar-refractivity contribution is 5.77. The molecule has 2 N–H and O–H groups in total. The van der Waals surface area contributed by atoms with E-state index in [0.29, 0.717) is 6.54 Å². The lowest BCUT2D eigenvalue weighted by Crippen LogP contribution is -2.39. The van der Waals surface area contributed by atoms with Gasteiger partial charge in [0.15, 0.2) is 0 Å². The summed E-state index contributed by atoms with van der Waals surface area (Å²) in [5.74, 6) is 0.947. The van der Waals surface area contributed by atoms with Gasteiger partial charge in [0.2, 0.25) is 5.91 Å². The molecule has 0 aromatic rings. The van der Waals surface area contributed by atoms with Gasteiger partial charge in [0.05, 0.1) is 6.54 Å². The number of nitrogens with one attached hydrogen (secondary N) is 2. The third kappa shape index (κ3) is 6.03. The quantitative estimate of drug-likeness (QED) is 0.694. The third-order valence-electron chi connectivity index (χ3n) is 3.44. The van der Waals surface area contributed by atoms with Gasteiger partial charge in [-0.2, -0.15) is 0 Å². The molecule has 0 bridgehead atoms. The van der Waals surface area contributed by atoms with Gasteiger partial charge in [0, 0.05) is 6.54 Å². The topological polar surface area (TPSA) is 44.4 Å². The van der Waals surface area contributed by atoms with Crippen molar-refractivity contribution in [2.75, 3.05) is 39.3 Å². The van der Waals surface area contributed by atoms with Crippen molar-refractivity contribution in [3.05, 3.63) is 0 Å². The molecule has 0 aromatic heterocycles. The maximum absolute atomic E-state index is 11.5. The number of piperidine rings is 1. The second-order valence-electron chi connectivity index (χ2n) is 4.82. The monoisotopic (exact) mass is 241 g/mol. The molecule has 1 aliphatic heterocycles. The SMILES string of the molecule is CCNC(=O)CN(CC)CCC1CCCNC1. The molecule has 0 saturated carbocycles. The second kappa shape index (κ2) is 8.48. The fourth-order valence-electron chi connectivity index (χ4n) is 2.34. The van der Waals surface area contributed by atoms with Crippen LogP contribution in [0.4, 0.5) is 0 Å². The van der Waals surface area contributed by atoms with Crippen molar-refractivity contribution in [3.8, 4) is 0 Å². The van der Waals surface area contributed by atoms with E-state index in [0.717, 1.165) is 32.1 Å². The summed E-state index contributed by atoms with van der Waals surface area (Å²) < 4.78 is 0. The maximum Gasteiger partial charge on any atom is 0.234 e. The number of likely N-dealkylation sites (N-methyl/N-ethyl adjacent to an activating group) is 2. The van der Waals surface area contributed by atoms with E-state index < -0.39 is 0 Å². The van der Waals surface area contributed by atoms with Gasteiger partial charge < -0.3 is 10.6 Å². The van der Waals surface area contributed by atoms with Gasteiger partial charge in [0.1, 0.15) is 0 Å². The van der Waals surface area contributed by atoms with Gasteiger partial charge in [-0.1, -0.05) is 6.92 Å². The van der Waals surface area contributed by atoms with Crippen LogP contribution in [0.25, 0.3) is 0 Å². The van der Waals surface area contributed by atoms with Crippen LogP contribution in [-0.4, -0.2) is 50.1 Å². The Bertz CT molecular complexity index is 215. The zero-order chi connectivity index (χ0) is 12.5. The van der Waals surface area contributed by atoms with Crippen molar-refractivity contribution in [2.24, 2.45) is 5.92 Å². The molecule has 0 radical (unpaired) electrons. The molecule has 1 atom stereocenters. The average molecular weight is 241 g/mol. The van der Waals surface area contributed by atoms with Crippen LogP contribution in [0.15, 0.2) is 0 Å². The third-order valence-corrected chi connectivity index (χ3v) is 3.44. The van der Waals surface area contributed by atoms with Crippen LogP contribution in [0.5, 0.6) is 0 Å². The fraction of sp³-hybridized carbons (Fsp3) is 0.923. The molecular formula is C13H27N3O. The van der Waals surface area contributed by atoms with Crippen LogP contribution >= 0.6 is 0 Å². The minimum absolute atomic E-state index is 0.149. The van der Waals surface area contributed by atoms with Crippen LogP contribution in [0.1, 0.15) is 33.1 Å². The van der Waals surface area contributed by atoms with Crippen molar-refractivity contribution in [3.63, 3.8) is 0 Å². The lowest BCUT2D eigenvalue weighted by Gasteiger charge is -2.26. The molecule has 0 aromatic carbocycles. The number of hydrogen-bond acceptors (Lipinski definition) is 3. The second-order valence-corrected chi connectivity index (χ2v) is 4.82. The van der Waals surface area contributed by atoms with Crippen LogP contribution in [-0.2, 0) is 4.79 Å². The van der Waals surface area contributed by atoms with E-state index >= 15 is 0 Å². The smallest absolute Gasteiger partial charge is 0.234 e. The molecule has 1 aliphatic rings. The molecule has 0 aliphatic carbocycles. The van der Waals surface area contributed by atoms with Crippen molar-refractivity contribution >= 4 is 5.91 Å². The predicted molar refractivity (Wildman–Crippen MR) is 71.0 cm³/mol. The van der Waals surface area contributed by atoms with Crippen molar-refractivity contribution in [1.82, 2.24) is 15.5 Å². The number of hydrogen-bond donors (Lipinski definition) is 2. The first kappa shape index (κ1) is 14.5. The number of carbonyl (C=O) groups is 1. The first-order valence-corrected chi connectivity index (χ1v) is 6.96. The Morgan fingerprint density at radius 2 is 2.29 bits per heavy atom. The molecule has 4 heteroatoms. The predicted octanol–water partition coefficient (Wildman–Crippen LogP) is 0.834. The lowest BCUT2D eigenvalue weighted by atomic mass is 9.96. The summed E-state index contributed by atoms with van der Waals surface area (Å²) in [5.41, 5.74) is 0. The largest absolute Gasteiger partial charge is 0.355 e.